The first kappa shape index (κ1) is 25.7. The lowest BCUT2D eigenvalue weighted by Crippen LogP contribution is -2.06. The van der Waals surface area contributed by atoms with Crippen molar-refractivity contribution >= 4 is 34.7 Å². The average molecular weight is 496 g/mol. The van der Waals surface area contributed by atoms with Gasteiger partial charge in [0.15, 0.2) is 5.17 Å². The molecule has 3 aromatic carbocycles. The number of hydrogen-bond donors (Lipinski definition) is 1. The van der Waals surface area contributed by atoms with E-state index < -0.39 is 0 Å². The van der Waals surface area contributed by atoms with Crippen molar-refractivity contribution in [3.8, 4) is 11.5 Å². The lowest BCUT2D eigenvalue weighted by Gasteiger charge is -2.17. The van der Waals surface area contributed by atoms with E-state index in [1.807, 2.05) is 55.5 Å². The van der Waals surface area contributed by atoms with Crippen molar-refractivity contribution < 1.29 is 9.47 Å². The fourth-order valence-corrected chi connectivity index (χ4v) is 4.09. The second kappa shape index (κ2) is 12.5. The molecule has 2 N–H and O–H groups in total. The van der Waals surface area contributed by atoms with Crippen molar-refractivity contribution in [1.29, 1.82) is 0 Å². The van der Waals surface area contributed by atoms with Gasteiger partial charge in [-0.15, -0.1) is 5.10 Å². The van der Waals surface area contributed by atoms with Crippen molar-refractivity contribution in [3.63, 3.8) is 0 Å². The molecule has 0 aliphatic rings. The first-order valence-corrected chi connectivity index (χ1v) is 12.4. The Kier molecular flexibility index (Phi) is 9.42. The molecule has 0 spiro atoms. The molecule has 0 aromatic heterocycles. The second-order valence-electron chi connectivity index (χ2n) is 8.11. The van der Waals surface area contributed by atoms with Crippen molar-refractivity contribution in [2.45, 2.75) is 39.0 Å². The Bertz CT molecular complexity index is 1160. The molecule has 0 amide bonds. The largest absolute Gasteiger partial charge is 0.496 e. The summed E-state index contributed by atoms with van der Waals surface area (Å²) in [6.45, 7) is 6.57. The monoisotopic (exact) mass is 495 g/mol. The number of thioether (sulfide) groups is 1. The normalized spacial score (nSPS) is 11.9. The highest BCUT2D eigenvalue weighted by Crippen LogP contribution is 2.33. The highest BCUT2D eigenvalue weighted by Gasteiger charge is 2.13. The number of ether oxygens (including phenoxy) is 2. The van der Waals surface area contributed by atoms with Gasteiger partial charge in [0.1, 0.15) is 18.1 Å². The molecule has 5 nitrogen and oxygen atoms in total. The summed E-state index contributed by atoms with van der Waals surface area (Å²) in [5.74, 6) is 2.61. The van der Waals surface area contributed by atoms with Crippen molar-refractivity contribution in [1.82, 2.24) is 0 Å². The van der Waals surface area contributed by atoms with Crippen LogP contribution >= 0.6 is 23.4 Å². The van der Waals surface area contributed by atoms with E-state index in [2.05, 4.69) is 36.2 Å². The van der Waals surface area contributed by atoms with Crippen LogP contribution < -0.4 is 15.2 Å². The summed E-state index contributed by atoms with van der Waals surface area (Å²) < 4.78 is 11.7. The summed E-state index contributed by atoms with van der Waals surface area (Å²) in [5, 5.41) is 9.41. The van der Waals surface area contributed by atoms with Crippen LogP contribution in [0.15, 0.2) is 70.9 Å². The maximum absolute atomic E-state index is 6.33. The molecule has 0 unspecified atom stereocenters. The number of nitrogens with zero attached hydrogens (tertiary/aromatic N) is 2. The number of amidine groups is 1. The fourth-order valence-electron chi connectivity index (χ4n) is 3.31. The molecule has 178 valence electrons. The summed E-state index contributed by atoms with van der Waals surface area (Å²) in [6, 6.07) is 19.9. The van der Waals surface area contributed by atoms with Gasteiger partial charge in [0.25, 0.3) is 0 Å². The van der Waals surface area contributed by atoms with Crippen LogP contribution in [0.25, 0.3) is 0 Å². The fraction of sp³-hybridized carbons (Fsp3) is 0.259. The molecule has 0 saturated heterocycles. The minimum atomic E-state index is 0.288. The van der Waals surface area contributed by atoms with Crippen molar-refractivity contribution in [2.75, 3.05) is 7.11 Å². The molecular formula is C27H30ClN3O2S. The van der Waals surface area contributed by atoms with Crippen LogP contribution in [0.4, 0.5) is 0 Å². The molecule has 0 heterocycles. The number of hydrogen-bond acceptors (Lipinski definition) is 5. The highest BCUT2D eigenvalue weighted by molar-refractivity contribution is 8.13. The third-order valence-corrected chi connectivity index (χ3v) is 6.46. The molecule has 7 heteroatoms. The van der Waals surface area contributed by atoms with E-state index in [0.29, 0.717) is 11.8 Å². The maximum Gasteiger partial charge on any atom is 0.180 e. The minimum Gasteiger partial charge on any atom is -0.496 e. The van der Waals surface area contributed by atoms with E-state index in [9.17, 15) is 0 Å². The van der Waals surface area contributed by atoms with Gasteiger partial charge in [-0.05, 0) is 65.4 Å². The van der Waals surface area contributed by atoms with E-state index in [4.69, 9.17) is 26.8 Å². The van der Waals surface area contributed by atoms with Crippen LogP contribution in [0, 0.1) is 6.92 Å². The Labute approximate surface area is 211 Å². The van der Waals surface area contributed by atoms with E-state index in [1.54, 1.807) is 13.3 Å². The summed E-state index contributed by atoms with van der Waals surface area (Å²) in [6.07, 6.45) is 1.67. The van der Waals surface area contributed by atoms with Gasteiger partial charge in [0.2, 0.25) is 0 Å². The zero-order valence-electron chi connectivity index (χ0n) is 19.9. The molecule has 0 saturated carbocycles. The van der Waals surface area contributed by atoms with Gasteiger partial charge in [-0.3, -0.25) is 0 Å². The maximum atomic E-state index is 6.33. The molecule has 0 radical (unpaired) electrons. The number of benzene rings is 3. The second-order valence-corrected chi connectivity index (χ2v) is 9.51. The molecule has 34 heavy (non-hydrogen) atoms. The van der Waals surface area contributed by atoms with Gasteiger partial charge in [-0.25, -0.2) is 0 Å². The van der Waals surface area contributed by atoms with Crippen LogP contribution in [0.5, 0.6) is 11.5 Å². The Hall–Kier alpha value is -2.96. The van der Waals surface area contributed by atoms with Crippen molar-refractivity contribution in [2.24, 2.45) is 15.9 Å². The average Bonchev–Trinajstić information content (AvgIpc) is 2.83. The Morgan fingerprint density at radius 3 is 2.56 bits per heavy atom. The first-order valence-electron chi connectivity index (χ1n) is 11.0. The Balaban J connectivity index is 1.69. The summed E-state index contributed by atoms with van der Waals surface area (Å²) in [5.41, 5.74) is 11.0. The van der Waals surface area contributed by atoms with E-state index >= 15 is 0 Å². The quantitative estimate of drug-likeness (QED) is 0.198. The molecule has 0 bridgehead atoms. The molecule has 0 aliphatic carbocycles. The van der Waals surface area contributed by atoms with E-state index in [1.165, 1.54) is 17.3 Å². The smallest absolute Gasteiger partial charge is 0.180 e. The number of nitrogens with two attached hydrogens (primary N) is 1. The van der Waals surface area contributed by atoms with Gasteiger partial charge in [-0.2, -0.15) is 5.10 Å². The molecular weight excluding hydrogens is 466 g/mol. The van der Waals surface area contributed by atoms with Gasteiger partial charge >= 0.3 is 0 Å². The van der Waals surface area contributed by atoms with Crippen LogP contribution in [-0.2, 0) is 12.4 Å². The standard InChI is InChI=1S/C27H30ClN3O2S/c1-18(2)23-14-24(28)19(3)12-26(23)33-16-22-13-21(10-11-25(22)32-4)15-30-31-27(29)34-17-20-8-6-5-7-9-20/h5-15,18H,16-17H2,1-4H3,(H2,29,31). The molecule has 0 aliphatic heterocycles. The van der Waals surface area contributed by atoms with Crippen molar-refractivity contribution in [3.05, 3.63) is 93.5 Å². The number of aryl methyl sites for hydroxylation is 1. The van der Waals surface area contributed by atoms with Gasteiger partial charge < -0.3 is 15.2 Å². The topological polar surface area (TPSA) is 69.2 Å². The number of rotatable bonds is 9. The highest BCUT2D eigenvalue weighted by atomic mass is 35.5. The molecule has 3 rings (SSSR count). The summed E-state index contributed by atoms with van der Waals surface area (Å²) >= 11 is 7.78. The van der Waals surface area contributed by atoms with Crippen LogP contribution in [0.1, 0.15) is 47.6 Å². The van der Waals surface area contributed by atoms with Crippen LogP contribution in [-0.4, -0.2) is 18.5 Å². The van der Waals surface area contributed by atoms with E-state index in [-0.39, 0.29) is 5.92 Å². The Morgan fingerprint density at radius 1 is 1.09 bits per heavy atom. The van der Waals surface area contributed by atoms with E-state index in [0.717, 1.165) is 44.5 Å². The zero-order chi connectivity index (χ0) is 24.5. The molecule has 0 fully saturated rings. The molecule has 3 aromatic rings. The SMILES string of the molecule is COc1ccc(C=NN=C(N)SCc2ccccc2)cc1COc1cc(C)c(Cl)cc1C(C)C. The number of halogens is 1. The third-order valence-electron chi connectivity index (χ3n) is 5.19. The zero-order valence-corrected chi connectivity index (χ0v) is 21.5. The van der Waals surface area contributed by atoms with Gasteiger partial charge in [-0.1, -0.05) is 67.5 Å². The van der Waals surface area contributed by atoms with Crippen LogP contribution in [0.2, 0.25) is 5.02 Å². The summed E-state index contributed by atoms with van der Waals surface area (Å²) in [4.78, 5) is 0. The lowest BCUT2D eigenvalue weighted by molar-refractivity contribution is 0.292. The third kappa shape index (κ3) is 7.27. The Morgan fingerprint density at radius 2 is 1.85 bits per heavy atom. The lowest BCUT2D eigenvalue weighted by atomic mass is 10.0. The number of methoxy groups -OCH3 is 1. The predicted molar refractivity (Wildman–Crippen MR) is 145 cm³/mol. The van der Waals surface area contributed by atoms with Gasteiger partial charge in [0, 0.05) is 16.3 Å². The summed E-state index contributed by atoms with van der Waals surface area (Å²) in [7, 11) is 1.65. The minimum absolute atomic E-state index is 0.288. The predicted octanol–water partition coefficient (Wildman–Crippen LogP) is 6.94. The van der Waals surface area contributed by atoms with Gasteiger partial charge in [0.05, 0.1) is 13.3 Å². The molecule has 0 atom stereocenters. The first-order chi connectivity index (χ1) is 16.4. The van der Waals surface area contributed by atoms with Crippen LogP contribution in [0.3, 0.4) is 0 Å².